The van der Waals surface area contributed by atoms with Crippen LogP contribution >= 0.6 is 0 Å². The standard InChI is InChI=1S/C7H12O5S/c1-6(8)12-7(3-4-7)5-11-13(2,9)10/h3-5H2,1-2H3. The molecule has 1 rings (SSSR count). The van der Waals surface area contributed by atoms with Crippen molar-refractivity contribution in [3.05, 3.63) is 0 Å². The van der Waals surface area contributed by atoms with Gasteiger partial charge in [0.25, 0.3) is 10.1 Å². The zero-order valence-electron chi connectivity index (χ0n) is 7.57. The van der Waals surface area contributed by atoms with E-state index < -0.39 is 21.7 Å². The molecule has 0 aromatic carbocycles. The van der Waals surface area contributed by atoms with E-state index in [0.29, 0.717) is 12.8 Å². The smallest absolute Gasteiger partial charge is 0.303 e. The van der Waals surface area contributed by atoms with Crippen LogP contribution in [0.25, 0.3) is 0 Å². The molecule has 0 bridgehead atoms. The normalized spacial score (nSPS) is 19.5. The minimum Gasteiger partial charge on any atom is -0.457 e. The Labute approximate surface area is 77.1 Å². The molecule has 0 aliphatic heterocycles. The maximum absolute atomic E-state index is 10.6. The lowest BCUT2D eigenvalue weighted by Gasteiger charge is -2.13. The Hall–Kier alpha value is -0.620. The average molecular weight is 208 g/mol. The first-order chi connectivity index (χ1) is 5.83. The van der Waals surface area contributed by atoms with E-state index in [0.717, 1.165) is 6.26 Å². The maximum atomic E-state index is 10.6. The van der Waals surface area contributed by atoms with Crippen LogP contribution in [-0.4, -0.2) is 32.9 Å². The number of carbonyl (C=O) groups excluding carboxylic acids is 1. The van der Waals surface area contributed by atoms with Crippen molar-refractivity contribution in [2.45, 2.75) is 25.4 Å². The molecule has 0 saturated heterocycles. The highest BCUT2D eigenvalue weighted by Gasteiger charge is 2.47. The van der Waals surface area contributed by atoms with Crippen molar-refractivity contribution < 1.29 is 22.1 Å². The van der Waals surface area contributed by atoms with Crippen LogP contribution in [0.15, 0.2) is 0 Å². The third kappa shape index (κ3) is 3.73. The first-order valence-electron chi connectivity index (χ1n) is 3.87. The fourth-order valence-electron chi connectivity index (χ4n) is 0.935. The quantitative estimate of drug-likeness (QED) is 0.482. The topological polar surface area (TPSA) is 69.7 Å². The third-order valence-electron chi connectivity index (χ3n) is 1.70. The molecule has 0 aromatic rings. The van der Waals surface area contributed by atoms with Crippen LogP contribution in [0.1, 0.15) is 19.8 Å². The Morgan fingerprint density at radius 2 is 2.00 bits per heavy atom. The van der Waals surface area contributed by atoms with Gasteiger partial charge in [-0.05, 0) is 12.8 Å². The Morgan fingerprint density at radius 1 is 1.46 bits per heavy atom. The van der Waals surface area contributed by atoms with Crippen molar-refractivity contribution >= 4 is 16.1 Å². The van der Waals surface area contributed by atoms with Gasteiger partial charge < -0.3 is 4.74 Å². The highest BCUT2D eigenvalue weighted by Crippen LogP contribution is 2.40. The van der Waals surface area contributed by atoms with E-state index in [1.807, 2.05) is 0 Å². The van der Waals surface area contributed by atoms with Crippen LogP contribution in [0.5, 0.6) is 0 Å². The molecule has 6 heteroatoms. The SMILES string of the molecule is CC(=O)OC1(COS(C)(=O)=O)CC1. The summed E-state index contributed by atoms with van der Waals surface area (Å²) in [6, 6.07) is 0. The molecule has 1 saturated carbocycles. The van der Waals surface area contributed by atoms with E-state index in [1.54, 1.807) is 0 Å². The van der Waals surface area contributed by atoms with Crippen molar-refractivity contribution in [3.8, 4) is 0 Å². The van der Waals surface area contributed by atoms with Gasteiger partial charge in [-0.2, -0.15) is 8.42 Å². The molecule has 1 aliphatic rings. The lowest BCUT2D eigenvalue weighted by atomic mass is 10.4. The molecule has 1 aliphatic carbocycles. The van der Waals surface area contributed by atoms with Crippen molar-refractivity contribution in [1.29, 1.82) is 0 Å². The molecule has 0 N–H and O–H groups in total. The van der Waals surface area contributed by atoms with Gasteiger partial charge in [0.1, 0.15) is 12.2 Å². The molecule has 0 aromatic heterocycles. The molecular weight excluding hydrogens is 196 g/mol. The van der Waals surface area contributed by atoms with Gasteiger partial charge in [-0.15, -0.1) is 0 Å². The minimum absolute atomic E-state index is 0.0641. The fourth-order valence-corrected chi connectivity index (χ4v) is 1.36. The second-order valence-electron chi connectivity index (χ2n) is 3.24. The number of carbonyl (C=O) groups is 1. The summed E-state index contributed by atoms with van der Waals surface area (Å²) in [5, 5.41) is 0. The summed E-state index contributed by atoms with van der Waals surface area (Å²) < 4.78 is 30.7. The molecule has 0 unspecified atom stereocenters. The van der Waals surface area contributed by atoms with Gasteiger partial charge in [0.2, 0.25) is 0 Å². The number of esters is 1. The molecule has 0 radical (unpaired) electrons. The number of ether oxygens (including phenoxy) is 1. The third-order valence-corrected chi connectivity index (χ3v) is 2.25. The van der Waals surface area contributed by atoms with E-state index >= 15 is 0 Å². The highest BCUT2D eigenvalue weighted by atomic mass is 32.2. The number of hydrogen-bond acceptors (Lipinski definition) is 5. The first kappa shape index (κ1) is 10.5. The Bertz CT molecular complexity index is 301. The molecule has 13 heavy (non-hydrogen) atoms. The van der Waals surface area contributed by atoms with Crippen molar-refractivity contribution in [2.24, 2.45) is 0 Å². The summed E-state index contributed by atoms with van der Waals surface area (Å²) in [7, 11) is -3.44. The number of rotatable bonds is 4. The molecule has 0 amide bonds. The van der Waals surface area contributed by atoms with Gasteiger partial charge in [-0.1, -0.05) is 0 Å². The predicted molar refractivity (Wildman–Crippen MR) is 44.5 cm³/mol. The summed E-state index contributed by atoms with van der Waals surface area (Å²) in [4.78, 5) is 10.6. The molecule has 0 atom stereocenters. The van der Waals surface area contributed by atoms with Gasteiger partial charge in [-0.25, -0.2) is 0 Å². The van der Waals surface area contributed by atoms with Crippen LogP contribution in [0.4, 0.5) is 0 Å². The lowest BCUT2D eigenvalue weighted by molar-refractivity contribution is -0.150. The molecule has 0 heterocycles. The fraction of sp³-hybridized carbons (Fsp3) is 0.857. The predicted octanol–water partition coefficient (Wildman–Crippen LogP) is 0.0583. The van der Waals surface area contributed by atoms with Crippen molar-refractivity contribution in [1.82, 2.24) is 0 Å². The number of hydrogen-bond donors (Lipinski definition) is 0. The van der Waals surface area contributed by atoms with Gasteiger partial charge in [0, 0.05) is 6.92 Å². The maximum Gasteiger partial charge on any atom is 0.303 e. The van der Waals surface area contributed by atoms with Gasteiger partial charge in [-0.3, -0.25) is 8.98 Å². The zero-order chi connectivity index (χ0) is 10.1. The summed E-state index contributed by atoms with van der Waals surface area (Å²) in [6.07, 6.45) is 2.31. The summed E-state index contributed by atoms with van der Waals surface area (Å²) >= 11 is 0. The Kier molecular flexibility index (Phi) is 2.63. The van der Waals surface area contributed by atoms with Gasteiger partial charge in [0.05, 0.1) is 6.26 Å². The van der Waals surface area contributed by atoms with Crippen LogP contribution in [0, 0.1) is 0 Å². The summed E-state index contributed by atoms with van der Waals surface area (Å²) in [6.45, 7) is 1.23. The van der Waals surface area contributed by atoms with E-state index in [2.05, 4.69) is 4.18 Å². The van der Waals surface area contributed by atoms with E-state index in [9.17, 15) is 13.2 Å². The summed E-state index contributed by atoms with van der Waals surface area (Å²) in [5.41, 5.74) is -0.672. The second kappa shape index (κ2) is 3.26. The second-order valence-corrected chi connectivity index (χ2v) is 4.89. The molecule has 76 valence electrons. The van der Waals surface area contributed by atoms with E-state index in [-0.39, 0.29) is 6.61 Å². The van der Waals surface area contributed by atoms with Crippen molar-refractivity contribution in [3.63, 3.8) is 0 Å². The largest absolute Gasteiger partial charge is 0.457 e. The Morgan fingerprint density at radius 3 is 2.31 bits per heavy atom. The van der Waals surface area contributed by atoms with Crippen LogP contribution in [0.3, 0.4) is 0 Å². The molecule has 5 nitrogen and oxygen atoms in total. The Balaban J connectivity index is 2.41. The highest BCUT2D eigenvalue weighted by molar-refractivity contribution is 7.85. The van der Waals surface area contributed by atoms with E-state index in [1.165, 1.54) is 6.92 Å². The van der Waals surface area contributed by atoms with E-state index in [4.69, 9.17) is 4.74 Å². The van der Waals surface area contributed by atoms with Crippen LogP contribution < -0.4 is 0 Å². The minimum atomic E-state index is -3.44. The van der Waals surface area contributed by atoms with Crippen LogP contribution in [0.2, 0.25) is 0 Å². The monoisotopic (exact) mass is 208 g/mol. The van der Waals surface area contributed by atoms with Gasteiger partial charge >= 0.3 is 5.97 Å². The van der Waals surface area contributed by atoms with Gasteiger partial charge in [0.15, 0.2) is 0 Å². The molecule has 0 spiro atoms. The average Bonchev–Trinajstić information content (AvgIpc) is 2.63. The van der Waals surface area contributed by atoms with Crippen LogP contribution in [-0.2, 0) is 23.8 Å². The molecule has 1 fully saturated rings. The lowest BCUT2D eigenvalue weighted by Crippen LogP contribution is -2.25. The first-order valence-corrected chi connectivity index (χ1v) is 5.69. The van der Waals surface area contributed by atoms with Crippen molar-refractivity contribution in [2.75, 3.05) is 12.9 Å². The molecular formula is C7H12O5S. The zero-order valence-corrected chi connectivity index (χ0v) is 8.39. The summed E-state index contributed by atoms with van der Waals surface area (Å²) in [5.74, 6) is -0.408.